The van der Waals surface area contributed by atoms with Gasteiger partial charge in [-0.1, -0.05) is 29.8 Å². The summed E-state index contributed by atoms with van der Waals surface area (Å²) in [5.74, 6) is -0.130. The molecular formula is C22H25N5O2. The van der Waals surface area contributed by atoms with Gasteiger partial charge in [0, 0.05) is 25.7 Å². The third-order valence-corrected chi connectivity index (χ3v) is 5.64. The lowest BCUT2D eigenvalue weighted by molar-refractivity contribution is 0.0634. The lowest BCUT2D eigenvalue weighted by Crippen LogP contribution is -2.45. The molecule has 1 saturated heterocycles. The Bertz CT molecular complexity index is 1090. The molecule has 3 heterocycles. The summed E-state index contributed by atoms with van der Waals surface area (Å²) in [6.07, 6.45) is 4.67. The summed E-state index contributed by atoms with van der Waals surface area (Å²) < 4.78 is 0. The average Bonchev–Trinajstić information content (AvgIpc) is 2.73. The number of rotatable bonds is 4. The number of H-pyrrole nitrogens is 1. The van der Waals surface area contributed by atoms with Crippen LogP contribution in [0.15, 0.2) is 47.7 Å². The minimum absolute atomic E-state index is 0.130. The summed E-state index contributed by atoms with van der Waals surface area (Å²) in [4.78, 5) is 39.9. The van der Waals surface area contributed by atoms with E-state index in [0.29, 0.717) is 35.7 Å². The number of fused-ring (bicyclic) bond motifs is 1. The molecule has 1 fully saturated rings. The van der Waals surface area contributed by atoms with Crippen molar-refractivity contribution < 1.29 is 4.79 Å². The number of aromatic amines is 1. The third-order valence-electron chi connectivity index (χ3n) is 5.64. The molecule has 3 aromatic rings. The van der Waals surface area contributed by atoms with Crippen LogP contribution in [-0.2, 0) is 6.54 Å². The van der Waals surface area contributed by atoms with E-state index in [1.807, 2.05) is 4.90 Å². The normalized spacial score (nSPS) is 15.2. The molecule has 7 nitrogen and oxygen atoms in total. The highest BCUT2D eigenvalue weighted by molar-refractivity contribution is 5.95. The van der Waals surface area contributed by atoms with Crippen molar-refractivity contribution in [2.45, 2.75) is 32.4 Å². The SMILES string of the molecule is Cc1cccc(CN(C)C2CCN(C(=O)c3cc4c(=O)[nH]cnc4cn3)CC2)c1. The van der Waals surface area contributed by atoms with Gasteiger partial charge in [0.25, 0.3) is 11.5 Å². The minimum atomic E-state index is -0.261. The van der Waals surface area contributed by atoms with E-state index in [4.69, 9.17) is 0 Å². The number of pyridine rings is 1. The number of hydrogen-bond acceptors (Lipinski definition) is 5. The van der Waals surface area contributed by atoms with Gasteiger partial charge in [0.15, 0.2) is 0 Å². The molecule has 1 aliphatic heterocycles. The zero-order chi connectivity index (χ0) is 20.4. The van der Waals surface area contributed by atoms with Crippen LogP contribution in [0.3, 0.4) is 0 Å². The molecule has 0 bridgehead atoms. The quantitative estimate of drug-likeness (QED) is 0.738. The van der Waals surface area contributed by atoms with Crippen LogP contribution in [-0.4, -0.2) is 56.8 Å². The third kappa shape index (κ3) is 4.19. The van der Waals surface area contributed by atoms with Crippen molar-refractivity contribution in [3.8, 4) is 0 Å². The fraction of sp³-hybridized carbons (Fsp3) is 0.364. The number of piperidine rings is 1. The number of benzene rings is 1. The zero-order valence-corrected chi connectivity index (χ0v) is 16.8. The van der Waals surface area contributed by atoms with Gasteiger partial charge in [0.2, 0.25) is 0 Å². The van der Waals surface area contributed by atoms with E-state index < -0.39 is 0 Å². The van der Waals surface area contributed by atoms with Crippen molar-refractivity contribution in [1.29, 1.82) is 0 Å². The highest BCUT2D eigenvalue weighted by Gasteiger charge is 2.26. The number of aryl methyl sites for hydroxylation is 1. The predicted octanol–water partition coefficient (Wildman–Crippen LogP) is 2.36. The van der Waals surface area contributed by atoms with E-state index in [-0.39, 0.29) is 11.5 Å². The molecule has 1 aromatic carbocycles. The summed E-state index contributed by atoms with van der Waals surface area (Å²) in [7, 11) is 2.15. The van der Waals surface area contributed by atoms with E-state index in [2.05, 4.69) is 58.1 Å². The molecule has 2 aromatic heterocycles. The summed E-state index contributed by atoms with van der Waals surface area (Å²) in [6, 6.07) is 10.6. The average molecular weight is 391 g/mol. The van der Waals surface area contributed by atoms with Gasteiger partial charge in [-0.25, -0.2) is 9.97 Å². The van der Waals surface area contributed by atoms with Gasteiger partial charge in [-0.05, 0) is 38.4 Å². The Morgan fingerprint density at radius 2 is 2.03 bits per heavy atom. The van der Waals surface area contributed by atoms with Crippen LogP contribution in [0.1, 0.15) is 34.5 Å². The molecule has 150 valence electrons. The van der Waals surface area contributed by atoms with Crippen molar-refractivity contribution in [3.05, 3.63) is 70.0 Å². The van der Waals surface area contributed by atoms with Crippen LogP contribution in [0.2, 0.25) is 0 Å². The molecule has 0 radical (unpaired) electrons. The van der Waals surface area contributed by atoms with Crippen LogP contribution >= 0.6 is 0 Å². The standard InChI is InChI=1S/C22H25N5O2/c1-15-4-3-5-16(10-15)13-26(2)17-6-8-27(9-7-17)22(29)19-11-18-20(12-23-19)24-14-25-21(18)28/h3-5,10-12,14,17H,6-9,13H2,1-2H3,(H,24,25,28). The first-order valence-corrected chi connectivity index (χ1v) is 9.90. The molecule has 1 amide bonds. The lowest BCUT2D eigenvalue weighted by Gasteiger charge is -2.36. The number of likely N-dealkylation sites (tertiary alicyclic amines) is 1. The lowest BCUT2D eigenvalue weighted by atomic mass is 10.0. The largest absolute Gasteiger partial charge is 0.337 e. The van der Waals surface area contributed by atoms with Gasteiger partial charge in [-0.2, -0.15) is 0 Å². The van der Waals surface area contributed by atoms with E-state index in [0.717, 1.165) is 19.4 Å². The molecule has 0 atom stereocenters. The van der Waals surface area contributed by atoms with Crippen molar-refractivity contribution in [2.75, 3.05) is 20.1 Å². The second kappa shape index (κ2) is 8.13. The van der Waals surface area contributed by atoms with Crippen LogP contribution in [0, 0.1) is 6.92 Å². The Kier molecular flexibility index (Phi) is 5.40. The van der Waals surface area contributed by atoms with E-state index >= 15 is 0 Å². The summed E-state index contributed by atoms with van der Waals surface area (Å²) in [5.41, 5.74) is 3.10. The summed E-state index contributed by atoms with van der Waals surface area (Å²) >= 11 is 0. The highest BCUT2D eigenvalue weighted by atomic mass is 16.2. The first kappa shape index (κ1) is 19.3. The Morgan fingerprint density at radius 3 is 2.79 bits per heavy atom. The maximum absolute atomic E-state index is 12.9. The van der Waals surface area contributed by atoms with Crippen LogP contribution < -0.4 is 5.56 Å². The molecule has 1 N–H and O–H groups in total. The topological polar surface area (TPSA) is 82.2 Å². The van der Waals surface area contributed by atoms with Crippen molar-refractivity contribution in [2.24, 2.45) is 0 Å². The van der Waals surface area contributed by atoms with Crippen molar-refractivity contribution in [3.63, 3.8) is 0 Å². The van der Waals surface area contributed by atoms with Gasteiger partial charge < -0.3 is 9.88 Å². The van der Waals surface area contributed by atoms with Crippen LogP contribution in [0.25, 0.3) is 10.9 Å². The molecule has 7 heteroatoms. The van der Waals surface area contributed by atoms with E-state index in [9.17, 15) is 9.59 Å². The van der Waals surface area contributed by atoms with Crippen molar-refractivity contribution >= 4 is 16.8 Å². The van der Waals surface area contributed by atoms with Crippen LogP contribution in [0.4, 0.5) is 0 Å². The first-order chi connectivity index (χ1) is 14.0. The molecule has 0 aliphatic carbocycles. The molecule has 0 unspecified atom stereocenters. The van der Waals surface area contributed by atoms with Gasteiger partial charge in [-0.3, -0.25) is 14.5 Å². The molecule has 0 saturated carbocycles. The number of aromatic nitrogens is 3. The Balaban J connectivity index is 1.39. The number of amides is 1. The number of nitrogens with one attached hydrogen (secondary N) is 1. The van der Waals surface area contributed by atoms with E-state index in [1.165, 1.54) is 23.7 Å². The Hall–Kier alpha value is -3.06. The van der Waals surface area contributed by atoms with Gasteiger partial charge in [0.1, 0.15) is 5.69 Å². The monoisotopic (exact) mass is 391 g/mol. The summed E-state index contributed by atoms with van der Waals surface area (Å²) in [6.45, 7) is 4.39. The van der Waals surface area contributed by atoms with Gasteiger partial charge >= 0.3 is 0 Å². The minimum Gasteiger partial charge on any atom is -0.337 e. The molecule has 29 heavy (non-hydrogen) atoms. The van der Waals surface area contributed by atoms with Crippen molar-refractivity contribution in [1.82, 2.24) is 24.8 Å². The molecular weight excluding hydrogens is 366 g/mol. The van der Waals surface area contributed by atoms with E-state index in [1.54, 1.807) is 6.07 Å². The van der Waals surface area contributed by atoms with Gasteiger partial charge in [-0.15, -0.1) is 0 Å². The first-order valence-electron chi connectivity index (χ1n) is 9.90. The molecule has 4 rings (SSSR count). The number of carbonyl (C=O) groups excluding carboxylic acids is 1. The van der Waals surface area contributed by atoms with Crippen LogP contribution in [0.5, 0.6) is 0 Å². The fourth-order valence-electron chi connectivity index (χ4n) is 3.99. The Labute approximate surface area is 169 Å². The smallest absolute Gasteiger partial charge is 0.272 e. The highest BCUT2D eigenvalue weighted by Crippen LogP contribution is 2.20. The number of hydrogen-bond donors (Lipinski definition) is 1. The zero-order valence-electron chi connectivity index (χ0n) is 16.8. The number of nitrogens with zero attached hydrogens (tertiary/aromatic N) is 4. The maximum atomic E-state index is 12.9. The summed E-state index contributed by atoms with van der Waals surface area (Å²) in [5, 5.41) is 0.388. The Morgan fingerprint density at radius 1 is 1.24 bits per heavy atom. The second-order valence-corrected chi connectivity index (χ2v) is 7.75. The molecule has 0 spiro atoms. The second-order valence-electron chi connectivity index (χ2n) is 7.75. The molecule has 1 aliphatic rings. The number of carbonyl (C=O) groups is 1. The fourth-order valence-corrected chi connectivity index (χ4v) is 3.99. The van der Waals surface area contributed by atoms with Gasteiger partial charge in [0.05, 0.1) is 23.4 Å². The maximum Gasteiger partial charge on any atom is 0.272 e. The predicted molar refractivity (Wildman–Crippen MR) is 112 cm³/mol.